The third kappa shape index (κ3) is 2.86. The van der Waals surface area contributed by atoms with Crippen molar-refractivity contribution in [3.05, 3.63) is 24.0 Å². The van der Waals surface area contributed by atoms with Gasteiger partial charge in [-0.3, -0.25) is 0 Å². The van der Waals surface area contributed by atoms with Crippen molar-refractivity contribution in [3.63, 3.8) is 0 Å². The maximum Gasteiger partial charge on any atom is 0.121 e. The fourth-order valence-corrected chi connectivity index (χ4v) is 1.64. The maximum absolute atomic E-state index is 5.06. The van der Waals surface area contributed by atoms with Gasteiger partial charge in [0.25, 0.3) is 0 Å². The Kier molecular flexibility index (Phi) is 4.70. The molecule has 1 aromatic rings. The summed E-state index contributed by atoms with van der Waals surface area (Å²) in [5.41, 5.74) is 1.34. The zero-order valence-electron chi connectivity index (χ0n) is 9.29. The molecule has 0 saturated heterocycles. The maximum atomic E-state index is 5.06. The van der Waals surface area contributed by atoms with E-state index in [0.717, 1.165) is 13.0 Å². The van der Waals surface area contributed by atoms with Gasteiger partial charge >= 0.3 is 0 Å². The Hall–Kier alpha value is -0.800. The van der Waals surface area contributed by atoms with Crippen molar-refractivity contribution in [2.45, 2.75) is 33.0 Å². The second-order valence-corrected chi connectivity index (χ2v) is 3.40. The predicted molar refractivity (Wildman–Crippen MR) is 58.1 cm³/mol. The highest BCUT2D eigenvalue weighted by Crippen LogP contribution is 2.16. The lowest BCUT2D eigenvalue weighted by molar-refractivity contribution is 0.131. The Morgan fingerprint density at radius 3 is 2.86 bits per heavy atom. The van der Waals surface area contributed by atoms with E-state index >= 15 is 0 Å². The molecule has 1 N–H and O–H groups in total. The average Bonchev–Trinajstić information content (AvgIpc) is 2.63. The van der Waals surface area contributed by atoms with Gasteiger partial charge in [0.15, 0.2) is 0 Å². The number of hydrogen-bond acceptors (Lipinski definition) is 2. The number of nitrogens with one attached hydrogen (secondary N) is 1. The molecule has 80 valence electrons. The number of rotatable bonds is 6. The van der Waals surface area contributed by atoms with Crippen LogP contribution in [0.5, 0.6) is 0 Å². The monoisotopic (exact) mass is 196 g/mol. The van der Waals surface area contributed by atoms with Crippen LogP contribution in [0.3, 0.4) is 0 Å². The van der Waals surface area contributed by atoms with Crippen LogP contribution in [0.1, 0.15) is 31.9 Å². The molecule has 0 amide bonds. The first-order chi connectivity index (χ1) is 6.81. The van der Waals surface area contributed by atoms with Crippen molar-refractivity contribution >= 4 is 0 Å². The molecule has 3 nitrogen and oxygen atoms in total. The summed E-state index contributed by atoms with van der Waals surface area (Å²) in [6.07, 6.45) is 5.31. The molecule has 0 aromatic carbocycles. The molecule has 3 heteroatoms. The minimum atomic E-state index is 0.470. The van der Waals surface area contributed by atoms with Gasteiger partial charge in [0.1, 0.15) is 6.73 Å². The molecule has 0 spiro atoms. The molecule has 1 unspecified atom stereocenters. The Labute approximate surface area is 86.1 Å². The van der Waals surface area contributed by atoms with E-state index in [1.807, 2.05) is 0 Å². The van der Waals surface area contributed by atoms with Gasteiger partial charge in [-0.15, -0.1) is 0 Å². The van der Waals surface area contributed by atoms with Crippen molar-refractivity contribution in [2.75, 3.05) is 13.7 Å². The largest absolute Gasteiger partial charge is 0.364 e. The van der Waals surface area contributed by atoms with E-state index < -0.39 is 0 Å². The van der Waals surface area contributed by atoms with Crippen LogP contribution in [0.15, 0.2) is 18.5 Å². The van der Waals surface area contributed by atoms with E-state index in [4.69, 9.17) is 4.74 Å². The summed E-state index contributed by atoms with van der Waals surface area (Å²) >= 11 is 0. The molecular formula is C11H20N2O. The second kappa shape index (κ2) is 5.83. The molecule has 14 heavy (non-hydrogen) atoms. The topological polar surface area (TPSA) is 26.2 Å². The van der Waals surface area contributed by atoms with E-state index in [9.17, 15) is 0 Å². The van der Waals surface area contributed by atoms with Gasteiger partial charge in [0.05, 0.1) is 0 Å². The Balaban J connectivity index is 2.63. The summed E-state index contributed by atoms with van der Waals surface area (Å²) < 4.78 is 7.11. The molecule has 0 aliphatic rings. The first-order valence-corrected chi connectivity index (χ1v) is 5.19. The minimum absolute atomic E-state index is 0.470. The Morgan fingerprint density at radius 2 is 2.29 bits per heavy atom. The van der Waals surface area contributed by atoms with Crippen LogP contribution in [0, 0.1) is 0 Å². The van der Waals surface area contributed by atoms with Crippen molar-refractivity contribution in [2.24, 2.45) is 0 Å². The highest BCUT2D eigenvalue weighted by molar-refractivity contribution is 5.15. The van der Waals surface area contributed by atoms with Gasteiger partial charge in [-0.25, -0.2) is 0 Å². The van der Waals surface area contributed by atoms with Crippen LogP contribution in [-0.2, 0) is 11.5 Å². The summed E-state index contributed by atoms with van der Waals surface area (Å²) in [6.45, 7) is 5.96. The Bertz CT molecular complexity index is 258. The summed E-state index contributed by atoms with van der Waals surface area (Å²) in [6, 6.07) is 2.62. The van der Waals surface area contributed by atoms with Crippen LogP contribution >= 0.6 is 0 Å². The molecule has 0 aliphatic heterocycles. The smallest absolute Gasteiger partial charge is 0.121 e. The molecule has 1 rings (SSSR count). The van der Waals surface area contributed by atoms with E-state index in [0.29, 0.717) is 12.8 Å². The van der Waals surface area contributed by atoms with Gasteiger partial charge < -0.3 is 14.6 Å². The SMILES string of the molecule is CCNC(CC)c1ccn(COC)c1. The number of aromatic nitrogens is 1. The zero-order chi connectivity index (χ0) is 10.4. The standard InChI is InChI=1S/C11H20N2O/c1-4-11(12-5-2)10-6-7-13(8-10)9-14-3/h6-8,11-12H,4-5,9H2,1-3H3. The second-order valence-electron chi connectivity index (χ2n) is 3.40. The molecule has 0 radical (unpaired) electrons. The number of nitrogens with zero attached hydrogens (tertiary/aromatic N) is 1. The number of hydrogen-bond donors (Lipinski definition) is 1. The summed E-state index contributed by atoms with van der Waals surface area (Å²) in [7, 11) is 1.71. The van der Waals surface area contributed by atoms with Crippen molar-refractivity contribution in [3.8, 4) is 0 Å². The van der Waals surface area contributed by atoms with Crippen molar-refractivity contribution < 1.29 is 4.74 Å². The normalized spacial score (nSPS) is 13.1. The molecule has 0 saturated carbocycles. The molecule has 1 aromatic heterocycles. The highest BCUT2D eigenvalue weighted by Gasteiger charge is 2.08. The first-order valence-electron chi connectivity index (χ1n) is 5.19. The number of ether oxygens (including phenoxy) is 1. The fraction of sp³-hybridized carbons (Fsp3) is 0.636. The van der Waals surface area contributed by atoms with Gasteiger partial charge in [-0.1, -0.05) is 13.8 Å². The lowest BCUT2D eigenvalue weighted by Gasteiger charge is -2.13. The van der Waals surface area contributed by atoms with Crippen LogP contribution in [0.25, 0.3) is 0 Å². The van der Waals surface area contributed by atoms with Crippen LogP contribution in [0.2, 0.25) is 0 Å². The Morgan fingerprint density at radius 1 is 1.50 bits per heavy atom. The van der Waals surface area contributed by atoms with E-state index in [2.05, 4.69) is 42.2 Å². The molecule has 1 atom stereocenters. The summed E-state index contributed by atoms with van der Waals surface area (Å²) in [5.74, 6) is 0. The van der Waals surface area contributed by atoms with Crippen molar-refractivity contribution in [1.82, 2.24) is 9.88 Å². The van der Waals surface area contributed by atoms with Gasteiger partial charge in [0, 0.05) is 25.5 Å². The first kappa shape index (κ1) is 11.3. The van der Waals surface area contributed by atoms with Crippen LogP contribution in [0.4, 0.5) is 0 Å². The molecule has 0 bridgehead atoms. The van der Waals surface area contributed by atoms with Gasteiger partial charge in [-0.2, -0.15) is 0 Å². The van der Waals surface area contributed by atoms with E-state index in [1.165, 1.54) is 5.56 Å². The van der Waals surface area contributed by atoms with Gasteiger partial charge in [-0.05, 0) is 24.6 Å². The average molecular weight is 196 g/mol. The molecule has 1 heterocycles. The summed E-state index contributed by atoms with van der Waals surface area (Å²) in [5, 5.41) is 3.45. The quantitative estimate of drug-likeness (QED) is 0.754. The van der Waals surface area contributed by atoms with Crippen molar-refractivity contribution in [1.29, 1.82) is 0 Å². The lowest BCUT2D eigenvalue weighted by Crippen LogP contribution is -2.19. The number of methoxy groups -OCH3 is 1. The third-order valence-corrected chi connectivity index (χ3v) is 2.31. The highest BCUT2D eigenvalue weighted by atomic mass is 16.5. The molecular weight excluding hydrogens is 176 g/mol. The zero-order valence-corrected chi connectivity index (χ0v) is 9.29. The van der Waals surface area contributed by atoms with Crippen LogP contribution in [-0.4, -0.2) is 18.2 Å². The van der Waals surface area contributed by atoms with E-state index in [-0.39, 0.29) is 0 Å². The van der Waals surface area contributed by atoms with E-state index in [1.54, 1.807) is 7.11 Å². The predicted octanol–water partition coefficient (Wildman–Crippen LogP) is 2.15. The fourth-order valence-electron chi connectivity index (χ4n) is 1.64. The third-order valence-electron chi connectivity index (χ3n) is 2.31. The molecule has 0 fully saturated rings. The minimum Gasteiger partial charge on any atom is -0.364 e. The van der Waals surface area contributed by atoms with Gasteiger partial charge in [0.2, 0.25) is 0 Å². The molecule has 0 aliphatic carbocycles. The van der Waals surface area contributed by atoms with Crippen LogP contribution < -0.4 is 5.32 Å². The lowest BCUT2D eigenvalue weighted by atomic mass is 10.1. The summed E-state index contributed by atoms with van der Waals surface area (Å²) in [4.78, 5) is 0.